The Morgan fingerprint density at radius 2 is 2.22 bits per heavy atom. The summed E-state index contributed by atoms with van der Waals surface area (Å²) in [5, 5.41) is 18.5. The number of nitrogens with one attached hydrogen (secondary N) is 1. The van der Waals surface area contributed by atoms with Crippen molar-refractivity contribution < 1.29 is 19.3 Å². The summed E-state index contributed by atoms with van der Waals surface area (Å²) >= 11 is 1.53. The lowest BCUT2D eigenvalue weighted by Gasteiger charge is -2.13. The molecule has 0 bridgehead atoms. The second kappa shape index (κ2) is 7.00. The highest BCUT2D eigenvalue weighted by Crippen LogP contribution is 2.04. The largest absolute Gasteiger partial charge is 0.480 e. The maximum absolute atomic E-state index is 11.6. The van der Waals surface area contributed by atoms with Crippen LogP contribution < -0.4 is 5.32 Å². The molecule has 1 aromatic heterocycles. The molecule has 1 heterocycles. The number of carboxylic acid groups (broad SMARTS) is 1. The Balaban J connectivity index is 2.51. The van der Waals surface area contributed by atoms with Crippen molar-refractivity contribution in [1.82, 2.24) is 15.6 Å². The zero-order valence-electron chi connectivity index (χ0n) is 10.2. The third kappa shape index (κ3) is 4.36. The average Bonchev–Trinajstić information content (AvgIpc) is 2.70. The van der Waals surface area contributed by atoms with Crippen LogP contribution in [0.4, 0.5) is 0 Å². The third-order valence-corrected chi connectivity index (χ3v) is 2.96. The van der Waals surface area contributed by atoms with E-state index in [1.807, 2.05) is 6.26 Å². The molecule has 0 unspecified atom stereocenters. The molecule has 0 saturated heterocycles. The van der Waals surface area contributed by atoms with E-state index in [1.54, 1.807) is 6.92 Å². The SMILES string of the molecule is CSCC[C@H](NC(=O)Cc1nonc1C)C(=O)O. The molecule has 0 radical (unpaired) electrons. The Morgan fingerprint density at radius 3 is 2.72 bits per heavy atom. The van der Waals surface area contributed by atoms with Gasteiger partial charge in [0, 0.05) is 0 Å². The van der Waals surface area contributed by atoms with E-state index < -0.39 is 17.9 Å². The maximum atomic E-state index is 11.6. The lowest BCUT2D eigenvalue weighted by molar-refractivity contribution is -0.141. The summed E-state index contributed by atoms with van der Waals surface area (Å²) in [6, 6.07) is -0.870. The number of carbonyl (C=O) groups excluding carboxylic acids is 1. The van der Waals surface area contributed by atoms with E-state index in [9.17, 15) is 9.59 Å². The number of thioether (sulfide) groups is 1. The first-order valence-electron chi connectivity index (χ1n) is 5.33. The van der Waals surface area contributed by atoms with Crippen molar-refractivity contribution in [3.05, 3.63) is 11.4 Å². The predicted octanol–water partition coefficient (Wildman–Crippen LogP) is 0.243. The van der Waals surface area contributed by atoms with Crippen molar-refractivity contribution in [3.63, 3.8) is 0 Å². The summed E-state index contributed by atoms with van der Waals surface area (Å²) in [6.07, 6.45) is 2.24. The molecular weight excluding hydrogens is 258 g/mol. The fourth-order valence-electron chi connectivity index (χ4n) is 1.30. The smallest absolute Gasteiger partial charge is 0.326 e. The Bertz CT molecular complexity index is 421. The van der Waals surface area contributed by atoms with Gasteiger partial charge >= 0.3 is 5.97 Å². The van der Waals surface area contributed by atoms with Crippen molar-refractivity contribution in [2.75, 3.05) is 12.0 Å². The molecule has 18 heavy (non-hydrogen) atoms. The summed E-state index contributed by atoms with van der Waals surface area (Å²) in [6.45, 7) is 1.67. The van der Waals surface area contributed by atoms with Gasteiger partial charge in [0.05, 0.1) is 6.42 Å². The number of aliphatic carboxylic acids is 1. The molecule has 0 aromatic carbocycles. The molecule has 1 atom stereocenters. The average molecular weight is 273 g/mol. The molecule has 0 aliphatic carbocycles. The zero-order chi connectivity index (χ0) is 13.5. The summed E-state index contributed by atoms with van der Waals surface area (Å²) in [7, 11) is 0. The minimum absolute atomic E-state index is 0.0294. The number of carbonyl (C=O) groups is 2. The number of rotatable bonds is 7. The lowest BCUT2D eigenvalue weighted by atomic mass is 10.2. The number of nitrogens with zero attached hydrogens (tertiary/aromatic N) is 2. The van der Waals surface area contributed by atoms with E-state index in [-0.39, 0.29) is 6.42 Å². The van der Waals surface area contributed by atoms with Crippen LogP contribution in [0, 0.1) is 6.92 Å². The van der Waals surface area contributed by atoms with Crippen LogP contribution in [-0.2, 0) is 16.0 Å². The highest BCUT2D eigenvalue weighted by molar-refractivity contribution is 7.98. The van der Waals surface area contributed by atoms with Gasteiger partial charge in [-0.25, -0.2) is 9.42 Å². The number of amides is 1. The van der Waals surface area contributed by atoms with Gasteiger partial charge in [-0.2, -0.15) is 11.8 Å². The van der Waals surface area contributed by atoms with Gasteiger partial charge in [0.15, 0.2) is 0 Å². The van der Waals surface area contributed by atoms with Gasteiger partial charge in [-0.05, 0) is 25.4 Å². The first-order chi connectivity index (χ1) is 8.54. The lowest BCUT2D eigenvalue weighted by Crippen LogP contribution is -2.42. The van der Waals surface area contributed by atoms with Crippen molar-refractivity contribution in [3.8, 4) is 0 Å². The molecule has 100 valence electrons. The summed E-state index contributed by atoms with van der Waals surface area (Å²) in [5.41, 5.74) is 0.947. The topological polar surface area (TPSA) is 105 Å². The molecule has 2 N–H and O–H groups in total. The highest BCUT2D eigenvalue weighted by atomic mass is 32.2. The van der Waals surface area contributed by atoms with Gasteiger partial charge in [0.2, 0.25) is 5.91 Å². The van der Waals surface area contributed by atoms with Crippen molar-refractivity contribution in [2.45, 2.75) is 25.8 Å². The van der Waals surface area contributed by atoms with Gasteiger partial charge < -0.3 is 10.4 Å². The molecule has 0 spiro atoms. The molecular formula is C10H15N3O4S. The Morgan fingerprint density at radius 1 is 1.50 bits per heavy atom. The molecule has 0 aliphatic heterocycles. The van der Waals surface area contributed by atoms with Gasteiger partial charge in [-0.1, -0.05) is 10.3 Å². The summed E-state index contributed by atoms with van der Waals surface area (Å²) in [4.78, 5) is 22.6. The van der Waals surface area contributed by atoms with Gasteiger partial charge in [-0.3, -0.25) is 4.79 Å². The van der Waals surface area contributed by atoms with Crippen LogP contribution in [0.25, 0.3) is 0 Å². The number of hydrogen-bond donors (Lipinski definition) is 2. The van der Waals surface area contributed by atoms with Crippen LogP contribution in [-0.4, -0.2) is 45.3 Å². The Labute approximate surface area is 108 Å². The quantitative estimate of drug-likeness (QED) is 0.733. The number of hydrogen-bond acceptors (Lipinski definition) is 6. The fourth-order valence-corrected chi connectivity index (χ4v) is 1.77. The summed E-state index contributed by atoms with van der Waals surface area (Å²) in [5.74, 6) is -0.767. The fraction of sp³-hybridized carbons (Fsp3) is 0.600. The number of aryl methyl sites for hydroxylation is 1. The van der Waals surface area contributed by atoms with Crippen LogP contribution in [0.15, 0.2) is 4.63 Å². The van der Waals surface area contributed by atoms with Crippen LogP contribution >= 0.6 is 11.8 Å². The molecule has 7 nitrogen and oxygen atoms in total. The summed E-state index contributed by atoms with van der Waals surface area (Å²) < 4.78 is 4.46. The van der Waals surface area contributed by atoms with Gasteiger partial charge in [0.1, 0.15) is 17.4 Å². The number of aromatic nitrogens is 2. The molecule has 0 fully saturated rings. The Hall–Kier alpha value is -1.57. The van der Waals surface area contributed by atoms with Crippen LogP contribution in [0.3, 0.4) is 0 Å². The molecule has 1 amide bonds. The van der Waals surface area contributed by atoms with Crippen LogP contribution in [0.1, 0.15) is 17.8 Å². The van der Waals surface area contributed by atoms with Crippen molar-refractivity contribution in [1.29, 1.82) is 0 Å². The first kappa shape index (κ1) is 14.5. The van der Waals surface area contributed by atoms with E-state index >= 15 is 0 Å². The van der Waals surface area contributed by atoms with Crippen LogP contribution in [0.2, 0.25) is 0 Å². The molecule has 8 heteroatoms. The third-order valence-electron chi connectivity index (χ3n) is 2.32. The van der Waals surface area contributed by atoms with Crippen LogP contribution in [0.5, 0.6) is 0 Å². The first-order valence-corrected chi connectivity index (χ1v) is 6.73. The zero-order valence-corrected chi connectivity index (χ0v) is 11.0. The minimum atomic E-state index is -1.03. The van der Waals surface area contributed by atoms with Crippen molar-refractivity contribution >= 4 is 23.6 Å². The van der Waals surface area contributed by atoms with E-state index in [2.05, 4.69) is 20.3 Å². The monoisotopic (exact) mass is 273 g/mol. The predicted molar refractivity (Wildman–Crippen MR) is 65.3 cm³/mol. The molecule has 1 rings (SSSR count). The normalized spacial score (nSPS) is 12.1. The highest BCUT2D eigenvalue weighted by Gasteiger charge is 2.20. The molecule has 0 aliphatic rings. The van der Waals surface area contributed by atoms with Crippen molar-refractivity contribution in [2.24, 2.45) is 0 Å². The van der Waals surface area contributed by atoms with E-state index in [4.69, 9.17) is 5.11 Å². The van der Waals surface area contributed by atoms with E-state index in [1.165, 1.54) is 11.8 Å². The van der Waals surface area contributed by atoms with Gasteiger partial charge in [-0.15, -0.1) is 0 Å². The Kier molecular flexibility index (Phi) is 5.63. The maximum Gasteiger partial charge on any atom is 0.326 e. The van der Waals surface area contributed by atoms with Gasteiger partial charge in [0.25, 0.3) is 0 Å². The molecule has 1 aromatic rings. The molecule has 0 saturated carbocycles. The minimum Gasteiger partial charge on any atom is -0.480 e. The number of carboxylic acids is 1. The second-order valence-corrected chi connectivity index (χ2v) is 4.70. The van der Waals surface area contributed by atoms with E-state index in [0.29, 0.717) is 23.6 Å². The van der Waals surface area contributed by atoms with E-state index in [0.717, 1.165) is 0 Å². The standard InChI is InChI=1S/C10H15N3O4S/c1-6-8(13-17-12-6)5-9(14)11-7(10(15)16)3-4-18-2/h7H,3-5H2,1-2H3,(H,11,14)(H,15,16)/t7-/m0/s1. The second-order valence-electron chi connectivity index (χ2n) is 3.71.